The highest BCUT2D eigenvalue weighted by Gasteiger charge is 2.50. The first-order valence-corrected chi connectivity index (χ1v) is 10.3. The van der Waals surface area contributed by atoms with Crippen LogP contribution in [0, 0.1) is 23.2 Å². The van der Waals surface area contributed by atoms with Crippen molar-refractivity contribution in [2.45, 2.75) is 44.6 Å². The van der Waals surface area contributed by atoms with Crippen molar-refractivity contribution in [3.05, 3.63) is 30.5 Å². The maximum atomic E-state index is 10.4. The molecular weight excluding hydrogens is 360 g/mol. The number of benzene rings is 1. The number of hydrogen-bond donors (Lipinski definition) is 3. The molecule has 27 heavy (non-hydrogen) atoms. The highest BCUT2D eigenvalue weighted by atomic mass is 35.5. The summed E-state index contributed by atoms with van der Waals surface area (Å²) in [5.74, 6) is 3.79. The van der Waals surface area contributed by atoms with E-state index >= 15 is 0 Å². The van der Waals surface area contributed by atoms with Crippen LogP contribution in [0.3, 0.4) is 0 Å². The third kappa shape index (κ3) is 3.85. The third-order valence-electron chi connectivity index (χ3n) is 7.03. The molecule has 6 rings (SSSR count). The Bertz CT molecular complexity index is 739. The average molecular weight is 391 g/mol. The SMILES string of the molecule is Cl.OC(CNCC12CC3CC(CC(C3)C1)C2)COc1cccc2[nH]ccc12. The van der Waals surface area contributed by atoms with E-state index in [2.05, 4.69) is 10.3 Å². The van der Waals surface area contributed by atoms with Crippen LogP contribution in [0.5, 0.6) is 5.75 Å². The number of aromatic amines is 1. The fourth-order valence-corrected chi connectivity index (χ4v) is 6.44. The lowest BCUT2D eigenvalue weighted by molar-refractivity contribution is -0.0524. The molecule has 0 radical (unpaired) electrons. The number of halogens is 1. The van der Waals surface area contributed by atoms with Gasteiger partial charge in [-0.1, -0.05) is 6.07 Å². The van der Waals surface area contributed by atoms with Gasteiger partial charge in [-0.25, -0.2) is 0 Å². The van der Waals surface area contributed by atoms with Crippen molar-refractivity contribution in [2.24, 2.45) is 23.2 Å². The fourth-order valence-electron chi connectivity index (χ4n) is 6.44. The molecule has 4 aliphatic rings. The van der Waals surface area contributed by atoms with Gasteiger partial charge in [-0.15, -0.1) is 12.4 Å². The summed E-state index contributed by atoms with van der Waals surface area (Å²) in [5.41, 5.74) is 1.59. The maximum absolute atomic E-state index is 10.4. The standard InChI is InChI=1S/C22H30N2O2.ClH/c25-18(13-26-21-3-1-2-20-19(21)4-5-24-20)12-23-14-22-9-15-6-16(10-22)8-17(7-15)11-22;/h1-5,15-18,23-25H,6-14H2;1H. The summed E-state index contributed by atoms with van der Waals surface area (Å²) >= 11 is 0. The van der Waals surface area contributed by atoms with Crippen molar-refractivity contribution in [1.29, 1.82) is 0 Å². The monoisotopic (exact) mass is 390 g/mol. The van der Waals surface area contributed by atoms with E-state index in [9.17, 15) is 5.11 Å². The van der Waals surface area contributed by atoms with Crippen LogP contribution in [-0.4, -0.2) is 35.9 Å². The summed E-state index contributed by atoms with van der Waals surface area (Å²) in [6, 6.07) is 7.99. The summed E-state index contributed by atoms with van der Waals surface area (Å²) < 4.78 is 5.88. The van der Waals surface area contributed by atoms with Gasteiger partial charge >= 0.3 is 0 Å². The van der Waals surface area contributed by atoms with Crippen LogP contribution in [0.2, 0.25) is 0 Å². The molecule has 4 bridgehead atoms. The molecule has 0 spiro atoms. The summed E-state index contributed by atoms with van der Waals surface area (Å²) in [6.07, 6.45) is 10.1. The molecule has 0 saturated heterocycles. The van der Waals surface area contributed by atoms with Crippen molar-refractivity contribution in [3.63, 3.8) is 0 Å². The maximum Gasteiger partial charge on any atom is 0.128 e. The third-order valence-corrected chi connectivity index (χ3v) is 7.03. The summed E-state index contributed by atoms with van der Waals surface area (Å²) in [4.78, 5) is 3.19. The minimum absolute atomic E-state index is 0. The summed E-state index contributed by atoms with van der Waals surface area (Å²) in [6.45, 7) is 2.02. The van der Waals surface area contributed by atoms with Crippen LogP contribution in [0.1, 0.15) is 38.5 Å². The van der Waals surface area contributed by atoms with E-state index < -0.39 is 6.10 Å². The van der Waals surface area contributed by atoms with Crippen molar-refractivity contribution in [1.82, 2.24) is 10.3 Å². The van der Waals surface area contributed by atoms with Gasteiger partial charge in [-0.05, 0) is 79.9 Å². The van der Waals surface area contributed by atoms with E-state index in [4.69, 9.17) is 4.74 Å². The molecule has 2 aromatic rings. The molecule has 0 aliphatic heterocycles. The van der Waals surface area contributed by atoms with Gasteiger partial charge in [0.15, 0.2) is 0 Å². The molecule has 4 fully saturated rings. The van der Waals surface area contributed by atoms with Gasteiger partial charge in [0.25, 0.3) is 0 Å². The van der Waals surface area contributed by atoms with Crippen LogP contribution in [0.4, 0.5) is 0 Å². The second kappa shape index (κ2) is 7.65. The molecule has 0 amide bonds. The van der Waals surface area contributed by atoms with Gasteiger partial charge in [-0.3, -0.25) is 0 Å². The molecule has 1 heterocycles. The molecule has 1 unspecified atom stereocenters. The number of ether oxygens (including phenoxy) is 1. The quantitative estimate of drug-likeness (QED) is 0.666. The van der Waals surface area contributed by atoms with Gasteiger partial charge in [-0.2, -0.15) is 0 Å². The van der Waals surface area contributed by atoms with Gasteiger partial charge in [0, 0.05) is 30.2 Å². The minimum atomic E-state index is -0.474. The Morgan fingerprint density at radius 2 is 1.81 bits per heavy atom. The van der Waals surface area contributed by atoms with E-state index in [1.165, 1.54) is 38.5 Å². The molecular formula is C22H31ClN2O2. The highest BCUT2D eigenvalue weighted by Crippen LogP contribution is 2.59. The Morgan fingerprint density at radius 1 is 1.11 bits per heavy atom. The Morgan fingerprint density at radius 3 is 2.52 bits per heavy atom. The van der Waals surface area contributed by atoms with E-state index in [0.29, 0.717) is 18.6 Å². The van der Waals surface area contributed by atoms with Crippen LogP contribution in [-0.2, 0) is 0 Å². The van der Waals surface area contributed by atoms with Crippen molar-refractivity contribution >= 4 is 23.3 Å². The van der Waals surface area contributed by atoms with Crippen molar-refractivity contribution < 1.29 is 9.84 Å². The second-order valence-electron chi connectivity index (χ2n) is 9.21. The minimum Gasteiger partial charge on any atom is -0.490 e. The van der Waals surface area contributed by atoms with Gasteiger partial charge < -0.3 is 20.1 Å². The molecule has 4 aliphatic carbocycles. The zero-order valence-corrected chi connectivity index (χ0v) is 16.6. The predicted octanol–water partition coefficient (Wildman–Crippen LogP) is 4.14. The number of aliphatic hydroxyl groups is 1. The molecule has 3 N–H and O–H groups in total. The molecule has 1 aromatic heterocycles. The Kier molecular flexibility index (Phi) is 5.41. The lowest BCUT2D eigenvalue weighted by Crippen LogP contribution is -2.51. The lowest BCUT2D eigenvalue weighted by atomic mass is 9.49. The largest absolute Gasteiger partial charge is 0.490 e. The van der Waals surface area contributed by atoms with E-state index in [-0.39, 0.29) is 12.4 Å². The Hall–Kier alpha value is -1.23. The first kappa shape index (κ1) is 19.1. The van der Waals surface area contributed by atoms with Crippen LogP contribution < -0.4 is 10.1 Å². The Labute approximate surface area is 167 Å². The zero-order valence-electron chi connectivity index (χ0n) is 15.8. The topological polar surface area (TPSA) is 57.3 Å². The van der Waals surface area contributed by atoms with Gasteiger partial charge in [0.2, 0.25) is 0 Å². The van der Waals surface area contributed by atoms with Crippen LogP contribution in [0.25, 0.3) is 10.9 Å². The number of nitrogens with one attached hydrogen (secondary N) is 2. The van der Waals surface area contributed by atoms with Crippen molar-refractivity contribution in [3.8, 4) is 5.75 Å². The molecule has 1 aromatic carbocycles. The van der Waals surface area contributed by atoms with Gasteiger partial charge in [0.05, 0.1) is 0 Å². The zero-order chi connectivity index (χ0) is 17.6. The van der Waals surface area contributed by atoms with E-state index in [1.54, 1.807) is 0 Å². The summed E-state index contributed by atoms with van der Waals surface area (Å²) in [7, 11) is 0. The summed E-state index contributed by atoms with van der Waals surface area (Å²) in [5, 5.41) is 15.0. The molecule has 148 valence electrons. The first-order valence-electron chi connectivity index (χ1n) is 10.3. The number of H-pyrrole nitrogens is 1. The lowest BCUT2D eigenvalue weighted by Gasteiger charge is -2.57. The first-order chi connectivity index (χ1) is 12.7. The number of aromatic nitrogens is 1. The second-order valence-corrected chi connectivity index (χ2v) is 9.21. The molecule has 4 nitrogen and oxygen atoms in total. The molecule has 4 saturated carbocycles. The normalized spacial score (nSPS) is 32.4. The Balaban J connectivity index is 0.00000180. The fraction of sp³-hybridized carbons (Fsp3) is 0.636. The smallest absolute Gasteiger partial charge is 0.128 e. The molecule has 1 atom stereocenters. The number of fused-ring (bicyclic) bond motifs is 1. The number of rotatable bonds is 7. The van der Waals surface area contributed by atoms with Crippen LogP contribution in [0.15, 0.2) is 30.5 Å². The molecule has 5 heteroatoms. The van der Waals surface area contributed by atoms with Crippen LogP contribution >= 0.6 is 12.4 Å². The van der Waals surface area contributed by atoms with E-state index in [1.807, 2.05) is 30.5 Å². The van der Waals surface area contributed by atoms with Crippen molar-refractivity contribution in [2.75, 3.05) is 19.7 Å². The number of aliphatic hydroxyl groups excluding tert-OH is 1. The van der Waals surface area contributed by atoms with E-state index in [0.717, 1.165) is 41.0 Å². The average Bonchev–Trinajstić information content (AvgIpc) is 3.08. The highest BCUT2D eigenvalue weighted by molar-refractivity contribution is 5.86. The number of hydrogen-bond acceptors (Lipinski definition) is 3. The predicted molar refractivity (Wildman–Crippen MR) is 111 cm³/mol. The van der Waals surface area contributed by atoms with Gasteiger partial charge in [0.1, 0.15) is 18.5 Å².